The lowest BCUT2D eigenvalue weighted by Crippen LogP contribution is -2.01. The van der Waals surface area contributed by atoms with Crippen molar-refractivity contribution in [1.82, 2.24) is 0 Å². The molecule has 0 spiro atoms. The van der Waals surface area contributed by atoms with Crippen LogP contribution in [0.25, 0.3) is 0 Å². The van der Waals surface area contributed by atoms with Gasteiger partial charge in [-0.15, -0.1) is 0 Å². The molecule has 28 heavy (non-hydrogen) atoms. The Morgan fingerprint density at radius 2 is 1.43 bits per heavy atom. The average molecular weight is 388 g/mol. The minimum absolute atomic E-state index is 0.0165. The minimum Gasteiger partial charge on any atom is -0.388 e. The summed E-state index contributed by atoms with van der Waals surface area (Å²) in [6.45, 7) is 6.77. The molecule has 0 aromatic heterocycles. The van der Waals surface area contributed by atoms with Crippen molar-refractivity contribution in [1.29, 1.82) is 0 Å². The van der Waals surface area contributed by atoms with E-state index < -0.39 is 16.0 Å². The molecule has 2 aromatic rings. The van der Waals surface area contributed by atoms with Gasteiger partial charge in [-0.2, -0.15) is 0 Å². The summed E-state index contributed by atoms with van der Waals surface area (Å²) in [4.78, 5) is 31.3. The maximum atomic E-state index is 11.1. The largest absolute Gasteiger partial charge is 0.388 e. The molecule has 8 nitrogen and oxygen atoms in total. The summed E-state index contributed by atoms with van der Waals surface area (Å²) in [6.07, 6.45) is 0.762. The minimum atomic E-state index is -0.804. The quantitative estimate of drug-likeness (QED) is 0.439. The first-order chi connectivity index (χ1) is 13.1. The number of carbonyl (C=O) groups is 1. The molecule has 1 N–H and O–H groups in total. The van der Waals surface area contributed by atoms with Gasteiger partial charge in [0.25, 0.3) is 11.4 Å². The number of Topliss-reactive ketones (excluding diaryl/α,β-unsaturated/α-hetero) is 1. The first-order valence-corrected chi connectivity index (χ1v) is 8.85. The summed E-state index contributed by atoms with van der Waals surface area (Å²) in [5.74, 6) is -0.271. The zero-order valence-electron chi connectivity index (χ0n) is 16.3. The van der Waals surface area contributed by atoms with E-state index in [1.165, 1.54) is 26.0 Å². The van der Waals surface area contributed by atoms with Gasteiger partial charge in [0.2, 0.25) is 0 Å². The van der Waals surface area contributed by atoms with Gasteiger partial charge >= 0.3 is 0 Å². The number of nitro groups is 2. The highest BCUT2D eigenvalue weighted by Gasteiger charge is 2.18. The summed E-state index contributed by atoms with van der Waals surface area (Å²) >= 11 is 0. The molecule has 2 aromatic carbocycles. The normalized spacial score (nSPS) is 11.2. The molecule has 0 saturated carbocycles. The second kappa shape index (κ2) is 10.3. The van der Waals surface area contributed by atoms with Crippen LogP contribution in [0.15, 0.2) is 36.4 Å². The second-order valence-corrected chi connectivity index (χ2v) is 6.20. The number of nitro benzene ring substituents is 2. The van der Waals surface area contributed by atoms with Gasteiger partial charge in [-0.3, -0.25) is 25.0 Å². The van der Waals surface area contributed by atoms with Crippen molar-refractivity contribution in [2.45, 2.75) is 46.6 Å². The molecular formula is C20H24N2O6. The Hall–Kier alpha value is -3.13. The van der Waals surface area contributed by atoms with Gasteiger partial charge in [0, 0.05) is 12.1 Å². The number of carbonyl (C=O) groups excluding carboxylic acids is 1. The predicted molar refractivity (Wildman–Crippen MR) is 106 cm³/mol. The van der Waals surface area contributed by atoms with Gasteiger partial charge in [-0.25, -0.2) is 0 Å². The highest BCUT2D eigenvalue weighted by Crippen LogP contribution is 2.26. The molecule has 0 heterocycles. The SMILES string of the molecule is CCc1ccc([N+](=O)[O-])c(C(C)=O)c1.CCc1ccc([N+](=O)[O-])c(C(C)O)c1. The van der Waals surface area contributed by atoms with E-state index in [-0.39, 0.29) is 22.7 Å². The number of benzene rings is 2. The fourth-order valence-corrected chi connectivity index (χ4v) is 2.57. The van der Waals surface area contributed by atoms with Crippen molar-refractivity contribution in [3.05, 3.63) is 78.9 Å². The zero-order chi connectivity index (χ0) is 21.4. The van der Waals surface area contributed by atoms with Crippen LogP contribution in [0.3, 0.4) is 0 Å². The molecule has 0 aliphatic rings. The number of aryl methyl sites for hydroxylation is 2. The molecule has 0 aliphatic carbocycles. The third-order valence-electron chi connectivity index (χ3n) is 4.19. The van der Waals surface area contributed by atoms with Gasteiger partial charge in [0.1, 0.15) is 0 Å². The standard InChI is InChI=1S/C10H13NO3.C10H11NO3/c2*1-3-8-4-5-10(11(13)14)9(6-8)7(2)12/h4-7,12H,3H2,1-2H3;4-6H,3H2,1-2H3. The molecule has 8 heteroatoms. The van der Waals surface area contributed by atoms with E-state index in [2.05, 4.69) is 0 Å². The zero-order valence-corrected chi connectivity index (χ0v) is 16.3. The van der Waals surface area contributed by atoms with Crippen LogP contribution in [0.4, 0.5) is 11.4 Å². The predicted octanol–water partition coefficient (Wildman–Crippen LogP) is 4.57. The molecule has 2 rings (SSSR count). The van der Waals surface area contributed by atoms with Gasteiger partial charge in [0.05, 0.1) is 27.1 Å². The molecule has 0 radical (unpaired) electrons. The average Bonchev–Trinajstić information content (AvgIpc) is 2.67. The molecule has 1 atom stereocenters. The van der Waals surface area contributed by atoms with Gasteiger partial charge < -0.3 is 5.11 Å². The lowest BCUT2D eigenvalue weighted by atomic mass is 10.0. The summed E-state index contributed by atoms with van der Waals surface area (Å²) in [5, 5.41) is 30.6. The Balaban J connectivity index is 0.000000280. The van der Waals surface area contributed by atoms with E-state index in [1.54, 1.807) is 24.3 Å². The molecular weight excluding hydrogens is 364 g/mol. The van der Waals surface area contributed by atoms with Gasteiger partial charge in [-0.05, 0) is 49.9 Å². The maximum Gasteiger partial charge on any atom is 0.280 e. The van der Waals surface area contributed by atoms with E-state index in [0.717, 1.165) is 24.0 Å². The highest BCUT2D eigenvalue weighted by atomic mass is 16.6. The Labute approximate surface area is 163 Å². The summed E-state index contributed by atoms with van der Waals surface area (Å²) in [5.41, 5.74) is 2.36. The number of hydrogen-bond donors (Lipinski definition) is 1. The summed E-state index contributed by atoms with van der Waals surface area (Å²) in [7, 11) is 0. The number of aliphatic hydroxyl groups excluding tert-OH is 1. The smallest absolute Gasteiger partial charge is 0.280 e. The molecule has 0 amide bonds. The molecule has 150 valence electrons. The molecule has 0 fully saturated rings. The van der Waals surface area contributed by atoms with Crippen LogP contribution < -0.4 is 0 Å². The number of ketones is 1. The molecule has 0 aliphatic heterocycles. The van der Waals surface area contributed by atoms with Crippen molar-refractivity contribution in [3.63, 3.8) is 0 Å². The summed E-state index contributed by atoms with van der Waals surface area (Å²) < 4.78 is 0. The summed E-state index contributed by atoms with van der Waals surface area (Å²) in [6, 6.07) is 9.48. The second-order valence-electron chi connectivity index (χ2n) is 6.20. The molecule has 0 bridgehead atoms. The monoisotopic (exact) mass is 388 g/mol. The van der Waals surface area contributed by atoms with E-state index >= 15 is 0 Å². The van der Waals surface area contributed by atoms with Crippen LogP contribution in [-0.2, 0) is 12.8 Å². The third-order valence-corrected chi connectivity index (χ3v) is 4.19. The first kappa shape index (κ1) is 22.9. The molecule has 0 saturated heterocycles. The van der Waals surface area contributed by atoms with E-state index in [4.69, 9.17) is 0 Å². The van der Waals surface area contributed by atoms with Gasteiger partial charge in [0.15, 0.2) is 5.78 Å². The highest BCUT2D eigenvalue weighted by molar-refractivity contribution is 5.98. The number of aliphatic hydroxyl groups is 1. The van der Waals surface area contributed by atoms with Crippen molar-refractivity contribution in [2.75, 3.05) is 0 Å². The number of hydrogen-bond acceptors (Lipinski definition) is 6. The van der Waals surface area contributed by atoms with E-state index in [9.17, 15) is 30.1 Å². The maximum absolute atomic E-state index is 11.1. The number of rotatable bonds is 6. The van der Waals surface area contributed by atoms with Crippen LogP contribution in [0.2, 0.25) is 0 Å². The fraction of sp³-hybridized carbons (Fsp3) is 0.350. The fourth-order valence-electron chi connectivity index (χ4n) is 2.57. The Bertz CT molecular complexity index is 877. The lowest BCUT2D eigenvalue weighted by Gasteiger charge is -2.07. The van der Waals surface area contributed by atoms with E-state index in [1.807, 2.05) is 13.8 Å². The topological polar surface area (TPSA) is 124 Å². The number of nitrogens with zero attached hydrogens (tertiary/aromatic N) is 2. The van der Waals surface area contributed by atoms with Crippen LogP contribution >= 0.6 is 0 Å². The van der Waals surface area contributed by atoms with Crippen LogP contribution in [0.5, 0.6) is 0 Å². The Morgan fingerprint density at radius 1 is 0.964 bits per heavy atom. The van der Waals surface area contributed by atoms with Crippen molar-refractivity contribution in [2.24, 2.45) is 0 Å². The lowest BCUT2D eigenvalue weighted by molar-refractivity contribution is -0.386. The van der Waals surface area contributed by atoms with Crippen molar-refractivity contribution < 1.29 is 19.7 Å². The van der Waals surface area contributed by atoms with Crippen LogP contribution in [0.1, 0.15) is 60.8 Å². The van der Waals surface area contributed by atoms with Crippen LogP contribution in [-0.4, -0.2) is 20.7 Å². The Kier molecular flexibility index (Phi) is 8.40. The van der Waals surface area contributed by atoms with Gasteiger partial charge in [-0.1, -0.05) is 26.0 Å². The van der Waals surface area contributed by atoms with Crippen molar-refractivity contribution in [3.8, 4) is 0 Å². The van der Waals surface area contributed by atoms with Crippen LogP contribution in [0, 0.1) is 20.2 Å². The third kappa shape index (κ3) is 5.95. The first-order valence-electron chi connectivity index (χ1n) is 8.85. The van der Waals surface area contributed by atoms with E-state index in [0.29, 0.717) is 5.56 Å². The Morgan fingerprint density at radius 3 is 1.82 bits per heavy atom. The van der Waals surface area contributed by atoms with Crippen molar-refractivity contribution >= 4 is 17.2 Å². The molecule has 1 unspecified atom stereocenters.